The van der Waals surface area contributed by atoms with Crippen LogP contribution in [0, 0.1) is 0 Å². The molecule has 0 spiro atoms. The second kappa shape index (κ2) is 11.7. The van der Waals surface area contributed by atoms with Crippen LogP contribution in [0.15, 0.2) is 0 Å². The number of rotatable bonds is 8. The molecule has 10 amide bonds. The summed E-state index contributed by atoms with van der Waals surface area (Å²) in [4.78, 5) is 68.9. The van der Waals surface area contributed by atoms with E-state index < -0.39 is 73.3 Å². The predicted molar refractivity (Wildman–Crippen MR) is 101 cm³/mol. The number of hydrogen-bond donors (Lipinski definition) is 13. The summed E-state index contributed by atoms with van der Waals surface area (Å²) >= 11 is 0. The van der Waals surface area contributed by atoms with E-state index in [1.165, 1.54) is 0 Å². The highest BCUT2D eigenvalue weighted by Crippen LogP contribution is 2.06. The fourth-order valence-corrected chi connectivity index (χ4v) is 2.20. The monoisotopic (exact) mass is 480 g/mol. The Balaban J connectivity index is 0.000000801. The van der Waals surface area contributed by atoms with Gasteiger partial charge in [-0.05, 0) is 0 Å². The van der Waals surface area contributed by atoms with Crippen LogP contribution in [0.4, 0.5) is 19.2 Å². The Morgan fingerprint density at radius 1 is 0.758 bits per heavy atom. The molecule has 2 aliphatic heterocycles. The van der Waals surface area contributed by atoms with E-state index in [2.05, 4.69) is 10.6 Å². The Labute approximate surface area is 184 Å². The molecule has 2 saturated heterocycles. The van der Waals surface area contributed by atoms with E-state index in [1.807, 2.05) is 31.9 Å². The van der Waals surface area contributed by atoms with Crippen molar-refractivity contribution in [2.45, 2.75) is 17.4 Å². The Morgan fingerprint density at radius 3 is 1.33 bits per heavy atom. The van der Waals surface area contributed by atoms with Crippen LogP contribution in [-0.2, 0) is 9.59 Å². The Morgan fingerprint density at radius 2 is 1.12 bits per heavy atom. The van der Waals surface area contributed by atoms with Crippen molar-refractivity contribution in [3.05, 3.63) is 0 Å². The summed E-state index contributed by atoms with van der Waals surface area (Å²) in [5, 5.41) is 58.5. The highest BCUT2D eigenvalue weighted by atomic mass is 16.3. The van der Waals surface area contributed by atoms with E-state index in [1.54, 1.807) is 0 Å². The van der Waals surface area contributed by atoms with E-state index >= 15 is 0 Å². The van der Waals surface area contributed by atoms with Crippen LogP contribution in [0.25, 0.3) is 0 Å². The summed E-state index contributed by atoms with van der Waals surface area (Å²) in [5.74, 6) is -1.97. The molecule has 19 nitrogen and oxygen atoms in total. The largest absolute Gasteiger partial charge is 0.394 e. The molecule has 0 aromatic heterocycles. The van der Waals surface area contributed by atoms with Gasteiger partial charge in [-0.2, -0.15) is 0 Å². The molecule has 0 aromatic carbocycles. The van der Waals surface area contributed by atoms with Gasteiger partial charge in [0.05, 0.1) is 33.1 Å². The minimum atomic E-state index is -2.06. The number of imide groups is 2. The highest BCUT2D eigenvalue weighted by Gasteiger charge is 2.48. The number of urea groups is 4. The van der Waals surface area contributed by atoms with E-state index in [9.17, 15) is 39.0 Å². The number of nitrogens with one attached hydrogen (secondary N) is 8. The molecule has 0 aromatic rings. The van der Waals surface area contributed by atoms with Gasteiger partial charge in [-0.15, -0.1) is 0 Å². The molecule has 2 fully saturated rings. The van der Waals surface area contributed by atoms with Gasteiger partial charge < -0.3 is 57.4 Å². The number of aliphatic hydroxyl groups excluding tert-OH is 5. The van der Waals surface area contributed by atoms with Gasteiger partial charge in [0, 0.05) is 0 Å². The molecule has 0 aliphatic carbocycles. The summed E-state index contributed by atoms with van der Waals surface area (Å²) < 4.78 is 0. The summed E-state index contributed by atoms with van der Waals surface area (Å²) in [6.07, 6.45) is -0.954. The van der Waals surface area contributed by atoms with Gasteiger partial charge in [-0.1, -0.05) is 0 Å². The maximum absolute atomic E-state index is 11.8. The van der Waals surface area contributed by atoms with E-state index in [4.69, 9.17) is 15.3 Å². The predicted octanol–water partition coefficient (Wildman–Crippen LogP) is -7.07. The zero-order valence-corrected chi connectivity index (χ0v) is 16.8. The quantitative estimate of drug-likeness (QED) is 0.114. The van der Waals surface area contributed by atoms with Gasteiger partial charge in [0.25, 0.3) is 11.8 Å². The lowest BCUT2D eigenvalue weighted by Gasteiger charge is -2.26. The third kappa shape index (κ3) is 7.11. The minimum Gasteiger partial charge on any atom is -0.394 e. The molecule has 186 valence electrons. The first-order valence-corrected chi connectivity index (χ1v) is 8.98. The second-order valence-corrected chi connectivity index (χ2v) is 6.40. The summed E-state index contributed by atoms with van der Waals surface area (Å²) in [6.45, 7) is -3.11. The minimum absolute atomic E-state index is 0.365. The molecule has 0 bridgehead atoms. The highest BCUT2D eigenvalue weighted by molar-refractivity contribution is 6.09. The third-order valence-corrected chi connectivity index (χ3v) is 3.93. The molecular weight excluding hydrogens is 456 g/mol. The number of carbonyl (C=O) groups is 6. The molecule has 13 N–H and O–H groups in total. The maximum Gasteiger partial charge on any atom is 0.323 e. The molecule has 2 aliphatic rings. The zero-order valence-electron chi connectivity index (χ0n) is 16.8. The van der Waals surface area contributed by atoms with Gasteiger partial charge in [-0.25, -0.2) is 19.2 Å². The Hall–Kier alpha value is -3.78. The first-order chi connectivity index (χ1) is 15.5. The van der Waals surface area contributed by atoms with Crippen LogP contribution < -0.4 is 42.5 Å². The fourth-order valence-electron chi connectivity index (χ4n) is 2.20. The fraction of sp³-hybridized carbons (Fsp3) is 0.571. The van der Waals surface area contributed by atoms with E-state index in [0.717, 1.165) is 0 Å². The average Bonchev–Trinajstić information content (AvgIpc) is 3.21. The van der Waals surface area contributed by atoms with Crippen molar-refractivity contribution in [3.63, 3.8) is 0 Å². The number of carbonyl (C=O) groups excluding carboxylic acids is 6. The van der Waals surface area contributed by atoms with Crippen molar-refractivity contribution in [2.24, 2.45) is 0 Å². The lowest BCUT2D eigenvalue weighted by atomic mass is 10.2. The van der Waals surface area contributed by atoms with E-state index in [0.29, 0.717) is 0 Å². The summed E-state index contributed by atoms with van der Waals surface area (Å²) in [5.41, 5.74) is -4.12. The number of aliphatic hydroxyl groups is 5. The standard InChI is InChI=1S/C11H16N8O8.C3H8O3/c20-1-10(4(22)14-8(26)18-10)16-6(24)12-3-13-7(25)17-11(2-21)5(23)15-9(27)19-11;4-1-3(6)2-5/h20-21H,1-3H2,(H2,12,16,24)(H2,13,17,25)(H2,14,18,22,26)(H2,15,19,23,27);3-6H,1-2H2. The number of amides is 10. The average molecular weight is 480 g/mol. The first kappa shape index (κ1) is 27.3. The van der Waals surface area contributed by atoms with Crippen molar-refractivity contribution in [1.82, 2.24) is 42.5 Å². The molecule has 2 heterocycles. The van der Waals surface area contributed by atoms with E-state index in [-0.39, 0.29) is 13.2 Å². The van der Waals surface area contributed by atoms with Gasteiger partial charge in [0.2, 0.25) is 11.3 Å². The van der Waals surface area contributed by atoms with Crippen LogP contribution in [0.2, 0.25) is 0 Å². The first-order valence-electron chi connectivity index (χ1n) is 8.98. The Bertz CT molecular complexity index is 733. The summed E-state index contributed by atoms with van der Waals surface area (Å²) in [7, 11) is 0. The van der Waals surface area contributed by atoms with Crippen LogP contribution in [0.3, 0.4) is 0 Å². The SMILES string of the molecule is O=C(NCNC(=O)NC1(CO)NC(=O)NC1=O)NC1(CO)NC(=O)NC1=O.OCC(O)CO. The lowest BCUT2D eigenvalue weighted by molar-refractivity contribution is -0.126. The van der Waals surface area contributed by atoms with Crippen LogP contribution in [-0.4, -0.2) is 112 Å². The topological polar surface area (TPSA) is 300 Å². The van der Waals surface area contributed by atoms with Crippen molar-refractivity contribution in [1.29, 1.82) is 0 Å². The molecule has 0 radical (unpaired) electrons. The van der Waals surface area contributed by atoms with Gasteiger partial charge >= 0.3 is 24.1 Å². The third-order valence-electron chi connectivity index (χ3n) is 3.93. The zero-order chi connectivity index (χ0) is 25.2. The summed E-state index contributed by atoms with van der Waals surface area (Å²) in [6, 6.07) is -3.91. The van der Waals surface area contributed by atoms with Crippen LogP contribution >= 0.6 is 0 Å². The van der Waals surface area contributed by atoms with Crippen molar-refractivity contribution >= 4 is 35.9 Å². The van der Waals surface area contributed by atoms with Gasteiger partial charge in [0.15, 0.2) is 0 Å². The van der Waals surface area contributed by atoms with Gasteiger partial charge in [0.1, 0.15) is 6.10 Å². The molecule has 2 unspecified atom stereocenters. The molecule has 2 atom stereocenters. The normalized spacial score (nSPS) is 23.5. The van der Waals surface area contributed by atoms with Crippen molar-refractivity contribution in [3.8, 4) is 0 Å². The molecule has 19 heteroatoms. The van der Waals surface area contributed by atoms with Crippen LogP contribution in [0.1, 0.15) is 0 Å². The second-order valence-electron chi connectivity index (χ2n) is 6.40. The van der Waals surface area contributed by atoms with Gasteiger partial charge in [-0.3, -0.25) is 20.2 Å². The smallest absolute Gasteiger partial charge is 0.323 e. The number of hydrogen-bond acceptors (Lipinski definition) is 11. The molecule has 0 saturated carbocycles. The van der Waals surface area contributed by atoms with Crippen molar-refractivity contribution in [2.75, 3.05) is 33.1 Å². The molecule has 33 heavy (non-hydrogen) atoms. The molecule has 2 rings (SSSR count). The molecular formula is C14H24N8O11. The van der Waals surface area contributed by atoms with Crippen molar-refractivity contribution < 1.29 is 54.3 Å². The Kier molecular flexibility index (Phi) is 9.69. The lowest BCUT2D eigenvalue weighted by Crippen LogP contribution is -2.66. The van der Waals surface area contributed by atoms with Crippen LogP contribution in [0.5, 0.6) is 0 Å². The maximum atomic E-state index is 11.8.